The molecular formula is C26H35F2N5O2. The highest BCUT2D eigenvalue weighted by atomic mass is 19.3. The van der Waals surface area contributed by atoms with E-state index in [-0.39, 0.29) is 12.0 Å². The lowest BCUT2D eigenvalue weighted by molar-refractivity contribution is -0.125. The topological polar surface area (TPSA) is 88.5 Å². The first kappa shape index (κ1) is 25.4. The third-order valence-electron chi connectivity index (χ3n) is 8.04. The van der Waals surface area contributed by atoms with Crippen molar-refractivity contribution in [2.75, 3.05) is 33.2 Å². The number of alkyl halides is 2. The zero-order chi connectivity index (χ0) is 25.1. The Balaban J connectivity index is 1.44. The zero-order valence-electron chi connectivity index (χ0n) is 20.4. The summed E-state index contributed by atoms with van der Waals surface area (Å²) in [5.41, 5.74) is -0.795. The van der Waals surface area contributed by atoms with Crippen molar-refractivity contribution >= 4 is 11.9 Å². The van der Waals surface area contributed by atoms with E-state index in [1.807, 2.05) is 7.05 Å². The fraction of sp³-hybridized carbons (Fsp3) is 0.654. The van der Waals surface area contributed by atoms with Crippen LogP contribution in [0, 0.1) is 16.7 Å². The number of nitrogens with zero attached hydrogens (tertiary/aromatic N) is 3. The Labute approximate surface area is 205 Å². The molecule has 1 aromatic carbocycles. The highest BCUT2D eigenvalue weighted by Crippen LogP contribution is 2.53. The molecule has 1 aliphatic carbocycles. The number of rotatable bonds is 7. The van der Waals surface area contributed by atoms with Crippen LogP contribution in [0.4, 0.5) is 13.6 Å². The van der Waals surface area contributed by atoms with Gasteiger partial charge in [-0.05, 0) is 57.4 Å². The standard InChI is InChI=1S/C26H35F2N5O2/c1-32-15-13-25(19-29,14-16-32)31-22(34)21(7-8-26(27,28)20-5-3-2-4-6-20)30-23(35)33-17-11-24(9-10-24)12-18-33/h2-6,21H,7-18H2,1H3,(H,30,35)(H,31,34). The van der Waals surface area contributed by atoms with Gasteiger partial charge in [-0.2, -0.15) is 5.26 Å². The Morgan fingerprint density at radius 2 is 1.69 bits per heavy atom. The van der Waals surface area contributed by atoms with E-state index in [9.17, 15) is 23.6 Å². The summed E-state index contributed by atoms with van der Waals surface area (Å²) in [4.78, 5) is 30.0. The van der Waals surface area contributed by atoms with Crippen molar-refractivity contribution in [1.82, 2.24) is 20.4 Å². The maximum atomic E-state index is 14.9. The van der Waals surface area contributed by atoms with Crippen molar-refractivity contribution in [3.63, 3.8) is 0 Å². The van der Waals surface area contributed by atoms with Crippen LogP contribution in [0.15, 0.2) is 30.3 Å². The smallest absolute Gasteiger partial charge is 0.318 e. The first-order valence-corrected chi connectivity index (χ1v) is 12.6. The minimum atomic E-state index is -3.14. The van der Waals surface area contributed by atoms with Crippen molar-refractivity contribution in [2.24, 2.45) is 5.41 Å². The maximum Gasteiger partial charge on any atom is 0.318 e. The molecule has 2 aliphatic heterocycles. The van der Waals surface area contributed by atoms with Gasteiger partial charge in [-0.3, -0.25) is 4.79 Å². The van der Waals surface area contributed by atoms with Crippen LogP contribution in [0.25, 0.3) is 0 Å². The van der Waals surface area contributed by atoms with Gasteiger partial charge in [0.1, 0.15) is 11.6 Å². The lowest BCUT2D eigenvalue weighted by Gasteiger charge is -2.37. The van der Waals surface area contributed by atoms with Gasteiger partial charge in [0, 0.05) is 38.2 Å². The van der Waals surface area contributed by atoms with Gasteiger partial charge in [0.05, 0.1) is 6.07 Å². The monoisotopic (exact) mass is 487 g/mol. The average Bonchev–Trinajstić information content (AvgIpc) is 3.62. The Morgan fingerprint density at radius 3 is 2.26 bits per heavy atom. The highest BCUT2D eigenvalue weighted by Gasteiger charge is 2.45. The largest absolute Gasteiger partial charge is 0.336 e. The molecule has 2 saturated heterocycles. The summed E-state index contributed by atoms with van der Waals surface area (Å²) in [5, 5.41) is 15.3. The fourth-order valence-electron chi connectivity index (χ4n) is 5.11. The quantitative estimate of drug-likeness (QED) is 0.615. The van der Waals surface area contributed by atoms with Gasteiger partial charge in [0.2, 0.25) is 5.91 Å². The summed E-state index contributed by atoms with van der Waals surface area (Å²) < 4.78 is 29.8. The zero-order valence-corrected chi connectivity index (χ0v) is 20.4. The molecular weight excluding hydrogens is 452 g/mol. The van der Waals surface area contributed by atoms with Crippen LogP contribution in [0.2, 0.25) is 0 Å². The van der Waals surface area contributed by atoms with Crippen molar-refractivity contribution in [3.05, 3.63) is 35.9 Å². The molecule has 1 atom stereocenters. The van der Waals surface area contributed by atoms with E-state index in [2.05, 4.69) is 21.6 Å². The van der Waals surface area contributed by atoms with Gasteiger partial charge in [-0.1, -0.05) is 30.3 Å². The molecule has 190 valence electrons. The number of amides is 3. The van der Waals surface area contributed by atoms with Crippen LogP contribution < -0.4 is 10.6 Å². The number of nitrogens with one attached hydrogen (secondary N) is 2. The summed E-state index contributed by atoms with van der Waals surface area (Å²) in [6.07, 6.45) is 4.34. The second kappa shape index (κ2) is 10.1. The van der Waals surface area contributed by atoms with E-state index in [1.54, 1.807) is 23.1 Å². The molecule has 0 radical (unpaired) electrons. The van der Waals surface area contributed by atoms with E-state index >= 15 is 0 Å². The first-order chi connectivity index (χ1) is 16.7. The predicted molar refractivity (Wildman–Crippen MR) is 128 cm³/mol. The second-order valence-corrected chi connectivity index (χ2v) is 10.6. The molecule has 35 heavy (non-hydrogen) atoms. The highest BCUT2D eigenvalue weighted by molar-refractivity contribution is 5.87. The maximum absolute atomic E-state index is 14.9. The van der Waals surface area contributed by atoms with Gasteiger partial charge in [0.15, 0.2) is 0 Å². The van der Waals surface area contributed by atoms with Gasteiger partial charge in [-0.15, -0.1) is 0 Å². The fourth-order valence-corrected chi connectivity index (χ4v) is 5.11. The SMILES string of the molecule is CN1CCC(C#N)(NC(=O)C(CCC(F)(F)c2ccccc2)NC(=O)N2CCC3(CC2)CC3)CC1. The van der Waals surface area contributed by atoms with Crippen LogP contribution >= 0.6 is 0 Å². The summed E-state index contributed by atoms with van der Waals surface area (Å²) >= 11 is 0. The van der Waals surface area contributed by atoms with E-state index < -0.39 is 35.9 Å². The number of halogens is 2. The van der Waals surface area contributed by atoms with Crippen LogP contribution in [0.3, 0.4) is 0 Å². The number of nitriles is 1. The molecule has 2 heterocycles. The van der Waals surface area contributed by atoms with Crippen molar-refractivity contribution in [2.45, 2.75) is 68.9 Å². The molecule has 0 bridgehead atoms. The normalized spacial score (nSPS) is 22.2. The third kappa shape index (κ3) is 6.10. The lowest BCUT2D eigenvalue weighted by atomic mass is 9.88. The number of carbonyl (C=O) groups excluding carboxylic acids is 2. The minimum Gasteiger partial charge on any atom is -0.336 e. The Bertz CT molecular complexity index is 942. The van der Waals surface area contributed by atoms with Gasteiger partial charge in [0.25, 0.3) is 5.92 Å². The molecule has 1 spiro atoms. The first-order valence-electron chi connectivity index (χ1n) is 12.6. The number of piperidine rings is 2. The van der Waals surface area contributed by atoms with E-state index in [0.29, 0.717) is 44.4 Å². The van der Waals surface area contributed by atoms with Gasteiger partial charge >= 0.3 is 6.03 Å². The van der Waals surface area contributed by atoms with Crippen LogP contribution in [-0.4, -0.2) is 66.5 Å². The molecule has 1 saturated carbocycles. The molecule has 9 heteroatoms. The summed E-state index contributed by atoms with van der Waals surface area (Å²) in [5.74, 6) is -3.72. The van der Waals surface area contributed by atoms with Crippen LogP contribution in [-0.2, 0) is 10.7 Å². The lowest BCUT2D eigenvalue weighted by Crippen LogP contribution is -2.59. The van der Waals surface area contributed by atoms with Crippen LogP contribution in [0.1, 0.15) is 56.9 Å². The van der Waals surface area contributed by atoms with Crippen molar-refractivity contribution in [3.8, 4) is 6.07 Å². The number of carbonyl (C=O) groups is 2. The molecule has 0 aromatic heterocycles. The van der Waals surface area contributed by atoms with Crippen molar-refractivity contribution in [1.29, 1.82) is 5.26 Å². The number of likely N-dealkylation sites (tertiary alicyclic amines) is 2. The number of hydrogen-bond donors (Lipinski definition) is 2. The minimum absolute atomic E-state index is 0.125. The molecule has 1 unspecified atom stereocenters. The molecule has 4 rings (SSSR count). The average molecular weight is 488 g/mol. The number of urea groups is 1. The third-order valence-corrected chi connectivity index (χ3v) is 8.04. The summed E-state index contributed by atoms with van der Waals surface area (Å²) in [6, 6.07) is 8.16. The Hall–Kier alpha value is -2.73. The van der Waals surface area contributed by atoms with Gasteiger partial charge < -0.3 is 20.4 Å². The van der Waals surface area contributed by atoms with E-state index in [4.69, 9.17) is 0 Å². The predicted octanol–water partition coefficient (Wildman–Crippen LogP) is 3.62. The summed E-state index contributed by atoms with van der Waals surface area (Å²) in [6.45, 7) is 2.50. The molecule has 2 N–H and O–H groups in total. The Kier molecular flexibility index (Phi) is 7.32. The van der Waals surface area contributed by atoms with Gasteiger partial charge in [-0.25, -0.2) is 13.6 Å². The molecule has 3 fully saturated rings. The van der Waals surface area contributed by atoms with Crippen molar-refractivity contribution < 1.29 is 18.4 Å². The molecule has 7 nitrogen and oxygen atoms in total. The second-order valence-electron chi connectivity index (χ2n) is 10.6. The molecule has 1 aromatic rings. The molecule has 3 amide bonds. The molecule has 3 aliphatic rings. The summed E-state index contributed by atoms with van der Waals surface area (Å²) in [7, 11) is 1.95. The van der Waals surface area contributed by atoms with E-state index in [0.717, 1.165) is 12.8 Å². The number of hydrogen-bond acceptors (Lipinski definition) is 4. The van der Waals surface area contributed by atoms with E-state index in [1.165, 1.54) is 25.0 Å². The van der Waals surface area contributed by atoms with Crippen LogP contribution in [0.5, 0.6) is 0 Å². The number of benzene rings is 1. The Morgan fingerprint density at radius 1 is 1.06 bits per heavy atom.